The number of hydrogen-bond acceptors (Lipinski definition) is 2. The van der Waals surface area contributed by atoms with Crippen molar-refractivity contribution in [2.24, 2.45) is 0 Å². The summed E-state index contributed by atoms with van der Waals surface area (Å²) in [7, 11) is 0. The van der Waals surface area contributed by atoms with E-state index in [0.29, 0.717) is 11.3 Å². The first kappa shape index (κ1) is 13.8. The summed E-state index contributed by atoms with van der Waals surface area (Å²) in [5, 5.41) is 0. The van der Waals surface area contributed by atoms with Gasteiger partial charge in [-0.15, -0.1) is 0 Å². The van der Waals surface area contributed by atoms with Gasteiger partial charge in [-0.25, -0.2) is 0 Å². The quantitative estimate of drug-likeness (QED) is 0.739. The number of hydrogen-bond donors (Lipinski definition) is 0. The van der Waals surface area contributed by atoms with Gasteiger partial charge in [0.2, 0.25) is 0 Å². The van der Waals surface area contributed by atoms with Crippen LogP contribution in [0.4, 0.5) is 0 Å². The smallest absolute Gasteiger partial charge is 0.160 e. The molecule has 2 aromatic rings. The molecule has 0 unspecified atom stereocenters. The molecule has 0 amide bonds. The fourth-order valence-corrected chi connectivity index (χ4v) is 2.44. The molecule has 0 saturated carbocycles. The second kappa shape index (κ2) is 5.57. The van der Waals surface area contributed by atoms with Crippen LogP contribution in [0.3, 0.4) is 0 Å². The van der Waals surface area contributed by atoms with Crippen molar-refractivity contribution >= 4 is 21.7 Å². The van der Waals surface area contributed by atoms with Gasteiger partial charge >= 0.3 is 0 Å². The van der Waals surface area contributed by atoms with Crippen LogP contribution in [0.15, 0.2) is 40.9 Å². The Bertz CT molecular complexity index is 633. The minimum absolute atomic E-state index is 0.0326. The fourth-order valence-electron chi connectivity index (χ4n) is 1.81. The van der Waals surface area contributed by atoms with Gasteiger partial charge < -0.3 is 4.74 Å². The Labute approximate surface area is 121 Å². The highest BCUT2D eigenvalue weighted by molar-refractivity contribution is 9.10. The van der Waals surface area contributed by atoms with Crippen LogP contribution in [-0.4, -0.2) is 5.78 Å². The van der Waals surface area contributed by atoms with Gasteiger partial charge in [0, 0.05) is 10.0 Å². The topological polar surface area (TPSA) is 26.3 Å². The zero-order chi connectivity index (χ0) is 14.0. The van der Waals surface area contributed by atoms with Crippen LogP contribution in [0.2, 0.25) is 0 Å². The Morgan fingerprint density at radius 1 is 1.16 bits per heavy atom. The van der Waals surface area contributed by atoms with Crippen molar-refractivity contribution in [3.05, 3.63) is 57.6 Å². The maximum Gasteiger partial charge on any atom is 0.160 e. The zero-order valence-corrected chi connectivity index (χ0v) is 12.7. The maximum atomic E-state index is 11.4. The van der Waals surface area contributed by atoms with Gasteiger partial charge in [-0.1, -0.05) is 12.1 Å². The van der Waals surface area contributed by atoms with Crippen LogP contribution in [-0.2, 0) is 0 Å². The Morgan fingerprint density at radius 2 is 1.89 bits per heavy atom. The van der Waals surface area contributed by atoms with E-state index in [0.717, 1.165) is 15.8 Å². The Hall–Kier alpha value is -1.61. The van der Waals surface area contributed by atoms with Crippen LogP contribution >= 0.6 is 15.9 Å². The summed E-state index contributed by atoms with van der Waals surface area (Å²) in [6.07, 6.45) is 0. The first-order chi connectivity index (χ1) is 8.99. The summed E-state index contributed by atoms with van der Waals surface area (Å²) in [6.45, 7) is 5.63. The van der Waals surface area contributed by atoms with Gasteiger partial charge in [0.25, 0.3) is 0 Å². The van der Waals surface area contributed by atoms with Crippen molar-refractivity contribution in [1.29, 1.82) is 0 Å². The Kier molecular flexibility index (Phi) is 4.05. The van der Waals surface area contributed by atoms with Crippen molar-refractivity contribution in [2.75, 3.05) is 0 Å². The number of Topliss-reactive ketones (excluding diaryl/α,β-unsaturated/α-hetero) is 1. The Morgan fingerprint density at radius 3 is 2.53 bits per heavy atom. The number of aryl methyl sites for hydroxylation is 1. The number of carbonyl (C=O) groups is 1. The number of rotatable bonds is 3. The number of carbonyl (C=O) groups excluding carboxylic acids is 1. The minimum atomic E-state index is 0.0326. The zero-order valence-electron chi connectivity index (χ0n) is 11.2. The summed E-state index contributed by atoms with van der Waals surface area (Å²) in [6, 6.07) is 11.4. The third-order valence-electron chi connectivity index (χ3n) is 3.10. The first-order valence-corrected chi connectivity index (χ1v) is 6.83. The maximum absolute atomic E-state index is 11.4. The predicted molar refractivity (Wildman–Crippen MR) is 80.1 cm³/mol. The van der Waals surface area contributed by atoms with Crippen molar-refractivity contribution < 1.29 is 9.53 Å². The molecule has 98 valence electrons. The average Bonchev–Trinajstić information content (AvgIpc) is 2.34. The second-order valence-electron chi connectivity index (χ2n) is 4.50. The molecule has 0 atom stereocenters. The van der Waals surface area contributed by atoms with Crippen LogP contribution in [0.1, 0.15) is 28.4 Å². The second-order valence-corrected chi connectivity index (χ2v) is 5.35. The molecule has 19 heavy (non-hydrogen) atoms. The molecule has 2 rings (SSSR count). The Balaban J connectivity index is 2.32. The standard InChI is InChI=1S/C16H15BrO2/c1-10-5-4-6-16(11(10)2)19-13-7-8-14(12(3)18)15(17)9-13/h4-9H,1-3H3. The van der Waals surface area contributed by atoms with E-state index in [4.69, 9.17) is 4.74 Å². The number of ether oxygens (including phenoxy) is 1. The molecule has 0 heterocycles. The number of halogens is 1. The normalized spacial score (nSPS) is 10.3. The molecule has 0 radical (unpaired) electrons. The van der Waals surface area contributed by atoms with E-state index in [1.165, 1.54) is 5.56 Å². The van der Waals surface area contributed by atoms with E-state index in [1.54, 1.807) is 13.0 Å². The summed E-state index contributed by atoms with van der Waals surface area (Å²) < 4.78 is 6.62. The van der Waals surface area contributed by atoms with Crippen LogP contribution in [0.5, 0.6) is 11.5 Å². The molecule has 0 bridgehead atoms. The predicted octanol–water partition coefficient (Wildman–Crippen LogP) is 5.06. The van der Waals surface area contributed by atoms with Crippen molar-refractivity contribution in [3.8, 4) is 11.5 Å². The third kappa shape index (κ3) is 3.04. The molecule has 2 aromatic carbocycles. The molecular formula is C16H15BrO2. The third-order valence-corrected chi connectivity index (χ3v) is 3.76. The lowest BCUT2D eigenvalue weighted by Crippen LogP contribution is -1.95. The highest BCUT2D eigenvalue weighted by atomic mass is 79.9. The van der Waals surface area contributed by atoms with Crippen LogP contribution < -0.4 is 4.74 Å². The fraction of sp³-hybridized carbons (Fsp3) is 0.188. The molecule has 0 aromatic heterocycles. The van der Waals surface area contributed by atoms with Gasteiger partial charge in [-0.2, -0.15) is 0 Å². The number of ketones is 1. The number of benzene rings is 2. The molecule has 0 aliphatic carbocycles. The first-order valence-electron chi connectivity index (χ1n) is 6.03. The summed E-state index contributed by atoms with van der Waals surface area (Å²) in [5.74, 6) is 1.58. The molecule has 0 fully saturated rings. The highest BCUT2D eigenvalue weighted by Gasteiger charge is 2.08. The van der Waals surface area contributed by atoms with Gasteiger partial charge in [-0.3, -0.25) is 4.79 Å². The van der Waals surface area contributed by atoms with Crippen LogP contribution in [0.25, 0.3) is 0 Å². The van der Waals surface area contributed by atoms with Gasteiger partial charge in [0.1, 0.15) is 11.5 Å². The average molecular weight is 319 g/mol. The van der Waals surface area contributed by atoms with E-state index in [2.05, 4.69) is 28.9 Å². The lowest BCUT2D eigenvalue weighted by atomic mass is 10.1. The van der Waals surface area contributed by atoms with Crippen molar-refractivity contribution in [1.82, 2.24) is 0 Å². The largest absolute Gasteiger partial charge is 0.457 e. The van der Waals surface area contributed by atoms with Gasteiger partial charge in [-0.05, 0) is 72.1 Å². The van der Waals surface area contributed by atoms with Crippen molar-refractivity contribution in [3.63, 3.8) is 0 Å². The summed E-state index contributed by atoms with van der Waals surface area (Å²) in [5.41, 5.74) is 2.97. The molecule has 2 nitrogen and oxygen atoms in total. The molecule has 0 spiro atoms. The van der Waals surface area contributed by atoms with E-state index in [-0.39, 0.29) is 5.78 Å². The molecule has 0 N–H and O–H groups in total. The lowest BCUT2D eigenvalue weighted by molar-refractivity contribution is 0.101. The molecule has 3 heteroatoms. The highest BCUT2D eigenvalue weighted by Crippen LogP contribution is 2.30. The molecule has 0 aliphatic heterocycles. The van der Waals surface area contributed by atoms with E-state index in [1.807, 2.05) is 31.2 Å². The molecule has 0 aliphatic rings. The molecule has 0 saturated heterocycles. The lowest BCUT2D eigenvalue weighted by Gasteiger charge is -2.11. The van der Waals surface area contributed by atoms with Gasteiger partial charge in [0.05, 0.1) is 0 Å². The minimum Gasteiger partial charge on any atom is -0.457 e. The van der Waals surface area contributed by atoms with E-state index in [9.17, 15) is 4.79 Å². The van der Waals surface area contributed by atoms with Gasteiger partial charge in [0.15, 0.2) is 5.78 Å². The van der Waals surface area contributed by atoms with Crippen LogP contribution in [0, 0.1) is 13.8 Å². The van der Waals surface area contributed by atoms with Crippen molar-refractivity contribution in [2.45, 2.75) is 20.8 Å². The monoisotopic (exact) mass is 318 g/mol. The summed E-state index contributed by atoms with van der Waals surface area (Å²) >= 11 is 3.39. The van der Waals surface area contributed by atoms with E-state index >= 15 is 0 Å². The summed E-state index contributed by atoms with van der Waals surface area (Å²) in [4.78, 5) is 11.4. The molecular weight excluding hydrogens is 304 g/mol. The SMILES string of the molecule is CC(=O)c1ccc(Oc2cccc(C)c2C)cc1Br. The van der Waals surface area contributed by atoms with E-state index < -0.39 is 0 Å².